The predicted molar refractivity (Wildman–Crippen MR) is 102 cm³/mol. The minimum absolute atomic E-state index is 0.0455. The van der Waals surface area contributed by atoms with E-state index in [0.717, 1.165) is 31.9 Å². The molecule has 2 fully saturated rings. The highest BCUT2D eigenvalue weighted by atomic mass is 35.5. The maximum atomic E-state index is 13.0. The Kier molecular flexibility index (Phi) is 6.20. The highest BCUT2D eigenvalue weighted by molar-refractivity contribution is 6.33. The Morgan fingerprint density at radius 2 is 2.04 bits per heavy atom. The third-order valence-electron chi connectivity index (χ3n) is 4.89. The van der Waals surface area contributed by atoms with Crippen LogP contribution in [-0.4, -0.2) is 75.7 Å². The van der Waals surface area contributed by atoms with Crippen molar-refractivity contribution in [2.24, 2.45) is 5.92 Å². The molecule has 0 aromatic heterocycles. The van der Waals surface area contributed by atoms with Crippen molar-refractivity contribution in [2.75, 3.05) is 64.9 Å². The molecule has 2 aliphatic heterocycles. The first-order valence-electron chi connectivity index (χ1n) is 9.11. The molecule has 2 saturated heterocycles. The SMILES string of the molecule is CN(C)CC1COCCN(C(=O)c2ccc(N3CCCC3)c(Cl)c2)C1. The number of halogens is 1. The molecule has 5 nitrogen and oxygen atoms in total. The summed E-state index contributed by atoms with van der Waals surface area (Å²) >= 11 is 6.48. The lowest BCUT2D eigenvalue weighted by atomic mass is 10.1. The van der Waals surface area contributed by atoms with Crippen LogP contribution in [0.2, 0.25) is 5.02 Å². The first-order valence-corrected chi connectivity index (χ1v) is 9.48. The molecule has 0 radical (unpaired) electrons. The van der Waals surface area contributed by atoms with Gasteiger partial charge < -0.3 is 19.4 Å². The summed E-state index contributed by atoms with van der Waals surface area (Å²) in [6.45, 7) is 5.66. The third-order valence-corrected chi connectivity index (χ3v) is 5.19. The van der Waals surface area contributed by atoms with Crippen LogP contribution in [-0.2, 0) is 4.74 Å². The van der Waals surface area contributed by atoms with Gasteiger partial charge in [-0.3, -0.25) is 4.79 Å². The average molecular weight is 366 g/mol. The molecule has 0 aliphatic carbocycles. The fourth-order valence-corrected chi connectivity index (χ4v) is 4.03. The minimum Gasteiger partial charge on any atom is -0.379 e. The van der Waals surface area contributed by atoms with Gasteiger partial charge in [-0.1, -0.05) is 11.6 Å². The zero-order valence-corrected chi connectivity index (χ0v) is 16.0. The zero-order chi connectivity index (χ0) is 17.8. The smallest absolute Gasteiger partial charge is 0.253 e. The molecule has 0 bridgehead atoms. The maximum Gasteiger partial charge on any atom is 0.253 e. The molecule has 0 N–H and O–H groups in total. The Morgan fingerprint density at radius 3 is 2.72 bits per heavy atom. The van der Waals surface area contributed by atoms with Crippen LogP contribution in [0.1, 0.15) is 23.2 Å². The lowest BCUT2D eigenvalue weighted by Crippen LogP contribution is -2.38. The second kappa shape index (κ2) is 8.39. The van der Waals surface area contributed by atoms with E-state index in [1.54, 1.807) is 0 Å². The second-order valence-corrected chi connectivity index (χ2v) is 7.72. The van der Waals surface area contributed by atoms with E-state index in [0.29, 0.717) is 36.3 Å². The number of carbonyl (C=O) groups excluding carboxylic acids is 1. The standard InChI is InChI=1S/C19H28ClN3O2/c1-21(2)12-15-13-23(9-10-25-14-15)19(24)16-5-6-18(17(20)11-16)22-7-3-4-8-22/h5-6,11,15H,3-4,7-10,12-14H2,1-2H3. The molecule has 6 heteroatoms. The van der Waals surface area contributed by atoms with E-state index < -0.39 is 0 Å². The number of amides is 1. The van der Waals surface area contributed by atoms with Crippen molar-refractivity contribution in [3.05, 3.63) is 28.8 Å². The van der Waals surface area contributed by atoms with Crippen LogP contribution < -0.4 is 4.90 Å². The van der Waals surface area contributed by atoms with E-state index in [-0.39, 0.29) is 5.91 Å². The van der Waals surface area contributed by atoms with Crippen molar-refractivity contribution in [3.8, 4) is 0 Å². The van der Waals surface area contributed by atoms with E-state index in [1.165, 1.54) is 12.8 Å². The van der Waals surface area contributed by atoms with Gasteiger partial charge in [-0.15, -0.1) is 0 Å². The van der Waals surface area contributed by atoms with Gasteiger partial charge in [0.1, 0.15) is 0 Å². The molecule has 1 atom stereocenters. The highest BCUT2D eigenvalue weighted by Gasteiger charge is 2.25. The molecule has 1 unspecified atom stereocenters. The Labute approximate surface area is 155 Å². The minimum atomic E-state index is 0.0455. The van der Waals surface area contributed by atoms with Gasteiger partial charge in [0.15, 0.2) is 0 Å². The molecule has 2 heterocycles. The topological polar surface area (TPSA) is 36.0 Å². The second-order valence-electron chi connectivity index (χ2n) is 7.31. The van der Waals surface area contributed by atoms with Crippen LogP contribution >= 0.6 is 11.6 Å². The van der Waals surface area contributed by atoms with Crippen LogP contribution in [0.5, 0.6) is 0 Å². The van der Waals surface area contributed by atoms with Crippen molar-refractivity contribution in [1.29, 1.82) is 0 Å². The first-order chi connectivity index (χ1) is 12.0. The summed E-state index contributed by atoms with van der Waals surface area (Å²) in [6.07, 6.45) is 2.41. The fourth-order valence-electron chi connectivity index (χ4n) is 3.73. The van der Waals surface area contributed by atoms with Gasteiger partial charge in [0.25, 0.3) is 5.91 Å². The number of hydrogen-bond donors (Lipinski definition) is 0. The summed E-state index contributed by atoms with van der Waals surface area (Å²) < 4.78 is 5.68. The van der Waals surface area contributed by atoms with Crippen LogP contribution in [0.15, 0.2) is 18.2 Å². The van der Waals surface area contributed by atoms with E-state index in [9.17, 15) is 4.79 Å². The summed E-state index contributed by atoms with van der Waals surface area (Å²) in [5.74, 6) is 0.380. The largest absolute Gasteiger partial charge is 0.379 e. The quantitative estimate of drug-likeness (QED) is 0.821. The van der Waals surface area contributed by atoms with E-state index in [2.05, 4.69) is 9.80 Å². The van der Waals surface area contributed by atoms with Crippen LogP contribution in [0, 0.1) is 5.92 Å². The van der Waals surface area contributed by atoms with Crippen molar-refractivity contribution < 1.29 is 9.53 Å². The molecule has 0 spiro atoms. The number of anilines is 1. The van der Waals surface area contributed by atoms with Crippen molar-refractivity contribution >= 4 is 23.2 Å². The molecule has 0 saturated carbocycles. The summed E-state index contributed by atoms with van der Waals surface area (Å²) in [4.78, 5) is 19.3. The lowest BCUT2D eigenvalue weighted by Gasteiger charge is -2.26. The van der Waals surface area contributed by atoms with Gasteiger partial charge in [0.05, 0.1) is 23.9 Å². The van der Waals surface area contributed by atoms with Crippen molar-refractivity contribution in [2.45, 2.75) is 12.8 Å². The predicted octanol–water partition coefficient (Wildman–Crippen LogP) is 2.59. The summed E-state index contributed by atoms with van der Waals surface area (Å²) in [6, 6.07) is 5.73. The molecule has 2 aliphatic rings. The molecule has 3 rings (SSSR count). The van der Waals surface area contributed by atoms with Gasteiger partial charge in [-0.25, -0.2) is 0 Å². The molecular formula is C19H28ClN3O2. The number of rotatable bonds is 4. The van der Waals surface area contributed by atoms with Crippen LogP contribution in [0.4, 0.5) is 5.69 Å². The van der Waals surface area contributed by atoms with Gasteiger partial charge in [0, 0.05) is 44.2 Å². The monoisotopic (exact) mass is 365 g/mol. The molecule has 138 valence electrons. The van der Waals surface area contributed by atoms with E-state index in [1.807, 2.05) is 37.2 Å². The lowest BCUT2D eigenvalue weighted by molar-refractivity contribution is 0.0735. The van der Waals surface area contributed by atoms with E-state index in [4.69, 9.17) is 16.3 Å². The van der Waals surface area contributed by atoms with Crippen molar-refractivity contribution in [1.82, 2.24) is 9.80 Å². The Balaban J connectivity index is 1.71. The number of benzene rings is 1. The van der Waals surface area contributed by atoms with Gasteiger partial charge >= 0.3 is 0 Å². The van der Waals surface area contributed by atoms with E-state index >= 15 is 0 Å². The van der Waals surface area contributed by atoms with Crippen LogP contribution in [0.3, 0.4) is 0 Å². The van der Waals surface area contributed by atoms with Gasteiger partial charge in [-0.05, 0) is 45.1 Å². The fraction of sp³-hybridized carbons (Fsp3) is 0.632. The third kappa shape index (κ3) is 4.66. The number of ether oxygens (including phenoxy) is 1. The Morgan fingerprint density at radius 1 is 1.28 bits per heavy atom. The Bertz CT molecular complexity index is 602. The summed E-state index contributed by atoms with van der Waals surface area (Å²) in [7, 11) is 4.10. The number of hydrogen-bond acceptors (Lipinski definition) is 4. The molecule has 25 heavy (non-hydrogen) atoms. The van der Waals surface area contributed by atoms with Crippen LogP contribution in [0.25, 0.3) is 0 Å². The molecule has 1 aromatic rings. The summed E-state index contributed by atoms with van der Waals surface area (Å²) in [5, 5.41) is 0.670. The van der Waals surface area contributed by atoms with Gasteiger partial charge in [0.2, 0.25) is 0 Å². The number of carbonyl (C=O) groups is 1. The summed E-state index contributed by atoms with van der Waals surface area (Å²) in [5.41, 5.74) is 1.71. The number of nitrogens with zero attached hydrogens (tertiary/aromatic N) is 3. The van der Waals surface area contributed by atoms with Gasteiger partial charge in [-0.2, -0.15) is 0 Å². The normalized spacial score (nSPS) is 21.7. The molecular weight excluding hydrogens is 338 g/mol. The molecule has 1 amide bonds. The van der Waals surface area contributed by atoms with Crippen molar-refractivity contribution in [3.63, 3.8) is 0 Å². The molecule has 1 aromatic carbocycles. The Hall–Kier alpha value is -1.30. The first kappa shape index (κ1) is 18.5. The maximum absolute atomic E-state index is 13.0. The average Bonchev–Trinajstić information content (AvgIpc) is 3.00. The highest BCUT2D eigenvalue weighted by Crippen LogP contribution is 2.30. The zero-order valence-electron chi connectivity index (χ0n) is 15.2.